The molecular weight excluding hydrogens is 496 g/mol. The molecule has 0 radical (unpaired) electrons. The number of nitrogens with one attached hydrogen (secondary N) is 1. The Morgan fingerprint density at radius 2 is 1.49 bits per heavy atom. The molecule has 2 aromatic carbocycles. The molecule has 1 fully saturated rings. The molecule has 0 bridgehead atoms. The number of hydrogen-bond donors (Lipinski definition) is 2. The van der Waals surface area contributed by atoms with Gasteiger partial charge in [-0.2, -0.15) is 13.5 Å². The molecule has 4 atom stereocenters. The molecule has 10 heteroatoms. The molecule has 2 N–H and O–H groups in total. The van der Waals surface area contributed by atoms with Gasteiger partial charge in [-0.15, -0.1) is 0 Å². The average molecular weight is 531 g/mol. The lowest BCUT2D eigenvalue weighted by Crippen LogP contribution is -2.55. The van der Waals surface area contributed by atoms with Gasteiger partial charge in [0.25, 0.3) is 10.0 Å². The fourth-order valence-corrected chi connectivity index (χ4v) is 5.53. The summed E-state index contributed by atoms with van der Waals surface area (Å²) < 4.78 is 36.5. The van der Waals surface area contributed by atoms with Crippen LogP contribution in [0.25, 0.3) is 0 Å². The van der Waals surface area contributed by atoms with E-state index in [9.17, 15) is 23.1 Å². The first kappa shape index (κ1) is 28.3. The summed E-state index contributed by atoms with van der Waals surface area (Å²) in [6.07, 6.45) is -0.251. The normalized spacial score (nSPS) is 24.9. The number of nitrogens with zero attached hydrogens (tertiary/aromatic N) is 1. The van der Waals surface area contributed by atoms with Crippen LogP contribution in [0.3, 0.4) is 0 Å². The summed E-state index contributed by atoms with van der Waals surface area (Å²) in [6.45, 7) is 8.67. The van der Waals surface area contributed by atoms with E-state index >= 15 is 0 Å². The molecule has 0 amide bonds. The molecule has 0 unspecified atom stereocenters. The lowest BCUT2D eigenvalue weighted by Gasteiger charge is -2.45. The zero-order valence-corrected chi connectivity index (χ0v) is 22.5. The Bertz CT molecular complexity index is 1250. The number of benzene rings is 2. The average Bonchev–Trinajstić information content (AvgIpc) is 2.83. The van der Waals surface area contributed by atoms with E-state index < -0.39 is 45.3 Å². The van der Waals surface area contributed by atoms with Crippen LogP contribution in [0.2, 0.25) is 0 Å². The predicted octanol–water partition coefficient (Wildman–Crippen LogP) is 3.23. The molecule has 3 rings (SSSR count). The van der Waals surface area contributed by atoms with Crippen molar-refractivity contribution in [3.05, 3.63) is 65.2 Å². The Hall–Kier alpha value is -3.24. The lowest BCUT2D eigenvalue weighted by atomic mass is 9.61. The minimum atomic E-state index is -4.06. The Morgan fingerprint density at radius 1 is 0.973 bits per heavy atom. The largest absolute Gasteiger partial charge is 0.466 e. The number of aliphatic hydroxyl groups is 1. The highest BCUT2D eigenvalue weighted by Crippen LogP contribution is 2.47. The van der Waals surface area contributed by atoms with Crippen LogP contribution in [0.1, 0.15) is 49.8 Å². The van der Waals surface area contributed by atoms with Crippen LogP contribution >= 0.6 is 0 Å². The van der Waals surface area contributed by atoms with Gasteiger partial charge in [-0.25, -0.2) is 4.83 Å². The molecule has 0 aromatic heterocycles. The molecule has 0 aliphatic heterocycles. The summed E-state index contributed by atoms with van der Waals surface area (Å²) >= 11 is 0. The first-order chi connectivity index (χ1) is 17.4. The molecule has 1 aliphatic carbocycles. The molecule has 0 saturated heterocycles. The van der Waals surface area contributed by atoms with Crippen molar-refractivity contribution in [2.24, 2.45) is 16.9 Å². The first-order valence-electron chi connectivity index (χ1n) is 12.2. The molecule has 37 heavy (non-hydrogen) atoms. The highest BCUT2D eigenvalue weighted by molar-refractivity contribution is 7.89. The van der Waals surface area contributed by atoms with Crippen molar-refractivity contribution >= 4 is 27.7 Å². The smallest absolute Gasteiger partial charge is 0.315 e. The summed E-state index contributed by atoms with van der Waals surface area (Å²) in [5, 5.41) is 15.6. The number of hydrazone groups is 1. The van der Waals surface area contributed by atoms with Gasteiger partial charge in [-0.1, -0.05) is 47.5 Å². The van der Waals surface area contributed by atoms with E-state index in [2.05, 4.69) is 9.93 Å². The van der Waals surface area contributed by atoms with E-state index in [1.807, 2.05) is 26.0 Å². The molecule has 2 aromatic rings. The van der Waals surface area contributed by atoms with Crippen molar-refractivity contribution in [2.45, 2.75) is 57.5 Å². The van der Waals surface area contributed by atoms with E-state index in [0.29, 0.717) is 5.56 Å². The van der Waals surface area contributed by atoms with Gasteiger partial charge in [0.05, 0.1) is 35.3 Å². The minimum Gasteiger partial charge on any atom is -0.466 e. The summed E-state index contributed by atoms with van der Waals surface area (Å²) in [6, 6.07) is 13.4. The molecule has 0 heterocycles. The Balaban J connectivity index is 2.15. The molecular formula is C27H34N2O7S. The maximum absolute atomic E-state index is 13.3. The number of ether oxygens (including phenoxy) is 2. The molecule has 9 nitrogen and oxygen atoms in total. The van der Waals surface area contributed by atoms with Crippen molar-refractivity contribution < 1.29 is 32.6 Å². The third-order valence-electron chi connectivity index (χ3n) is 6.47. The fraction of sp³-hybridized carbons (Fsp3) is 0.444. The van der Waals surface area contributed by atoms with E-state index in [1.165, 1.54) is 19.1 Å². The second-order valence-electron chi connectivity index (χ2n) is 9.44. The monoisotopic (exact) mass is 530 g/mol. The molecule has 1 saturated carbocycles. The van der Waals surface area contributed by atoms with Crippen molar-refractivity contribution in [3.63, 3.8) is 0 Å². The first-order valence-corrected chi connectivity index (χ1v) is 13.7. The highest BCUT2D eigenvalue weighted by Gasteiger charge is 2.56. The van der Waals surface area contributed by atoms with Crippen molar-refractivity contribution in [1.29, 1.82) is 0 Å². The van der Waals surface area contributed by atoms with E-state index in [-0.39, 0.29) is 30.2 Å². The molecule has 200 valence electrons. The van der Waals surface area contributed by atoms with Gasteiger partial charge >= 0.3 is 11.9 Å². The van der Waals surface area contributed by atoms with Crippen molar-refractivity contribution in [1.82, 2.24) is 4.83 Å². The zero-order valence-electron chi connectivity index (χ0n) is 21.7. The van der Waals surface area contributed by atoms with E-state index in [1.54, 1.807) is 38.1 Å². The third-order valence-corrected chi connectivity index (χ3v) is 7.69. The van der Waals surface area contributed by atoms with Crippen LogP contribution in [0.5, 0.6) is 0 Å². The van der Waals surface area contributed by atoms with Gasteiger partial charge in [0.2, 0.25) is 0 Å². The number of esters is 2. The maximum atomic E-state index is 13.3. The Morgan fingerprint density at radius 3 is 2.03 bits per heavy atom. The van der Waals surface area contributed by atoms with Gasteiger partial charge in [-0.3, -0.25) is 9.59 Å². The zero-order chi connectivity index (χ0) is 27.4. The van der Waals surface area contributed by atoms with Gasteiger partial charge < -0.3 is 14.6 Å². The fourth-order valence-electron chi connectivity index (χ4n) is 4.69. The number of carbonyl (C=O) groups excluding carboxylic acids is 2. The lowest BCUT2D eigenvalue weighted by molar-refractivity contribution is -0.163. The van der Waals surface area contributed by atoms with Crippen LogP contribution in [0.15, 0.2) is 58.5 Å². The predicted molar refractivity (Wildman–Crippen MR) is 138 cm³/mol. The van der Waals surface area contributed by atoms with E-state index in [4.69, 9.17) is 9.47 Å². The van der Waals surface area contributed by atoms with Crippen LogP contribution in [0, 0.1) is 25.7 Å². The quantitative estimate of drug-likeness (QED) is 0.396. The van der Waals surface area contributed by atoms with Gasteiger partial charge in [0.15, 0.2) is 0 Å². The highest BCUT2D eigenvalue weighted by atomic mass is 32.2. The SMILES string of the molecule is CCOC(=O)[C@@H]1/C(=N\NS(=O)(=O)c2ccc(C)cc2)C[C@](C)(O)[C@H](C(=O)OCC)[C@H]1c1ccc(C)cc1. The van der Waals surface area contributed by atoms with Crippen LogP contribution in [-0.2, 0) is 29.1 Å². The number of sulfonamides is 1. The number of carbonyl (C=O) groups is 2. The third kappa shape index (κ3) is 6.37. The van der Waals surface area contributed by atoms with E-state index in [0.717, 1.165) is 11.1 Å². The number of hydrogen-bond acceptors (Lipinski definition) is 8. The van der Waals surface area contributed by atoms with Gasteiger partial charge in [-0.05, 0) is 52.3 Å². The summed E-state index contributed by atoms with van der Waals surface area (Å²) in [5.41, 5.74) is 0.813. The molecule has 1 aliphatic rings. The van der Waals surface area contributed by atoms with Crippen LogP contribution in [0.4, 0.5) is 0 Å². The van der Waals surface area contributed by atoms with Crippen molar-refractivity contribution in [2.75, 3.05) is 13.2 Å². The molecule has 0 spiro atoms. The second-order valence-corrected chi connectivity index (χ2v) is 11.1. The van der Waals surface area contributed by atoms with Gasteiger partial charge in [0.1, 0.15) is 5.92 Å². The topological polar surface area (TPSA) is 131 Å². The Labute approximate surface area is 217 Å². The van der Waals surface area contributed by atoms with Crippen molar-refractivity contribution in [3.8, 4) is 0 Å². The number of aryl methyl sites for hydroxylation is 2. The Kier molecular flexibility index (Phi) is 8.76. The summed E-state index contributed by atoms with van der Waals surface area (Å²) in [7, 11) is -4.06. The van der Waals surface area contributed by atoms with Crippen LogP contribution < -0.4 is 4.83 Å². The van der Waals surface area contributed by atoms with Gasteiger partial charge in [0, 0.05) is 12.3 Å². The second kappa shape index (κ2) is 11.4. The standard InChI is InChI=1S/C27H34N2O7S/c1-6-35-25(30)23-21(28-29-37(33,34)20-14-10-18(4)11-15-20)16-27(5,32)24(26(31)36-7-2)22(23)19-12-8-17(3)9-13-19/h8-15,22-24,29,32H,6-7,16H2,1-5H3/b28-21-/t22-,23+,24-,27-/m0/s1. The summed E-state index contributed by atoms with van der Waals surface area (Å²) in [5.74, 6) is -4.52. The summed E-state index contributed by atoms with van der Waals surface area (Å²) in [4.78, 5) is 28.7. The minimum absolute atomic E-state index is 0.00260. The number of rotatable bonds is 8. The van der Waals surface area contributed by atoms with Crippen LogP contribution in [-0.4, -0.2) is 50.0 Å². The maximum Gasteiger partial charge on any atom is 0.315 e.